The first-order valence-corrected chi connectivity index (χ1v) is 11.4. The molecule has 1 aromatic carbocycles. The van der Waals surface area contributed by atoms with Gasteiger partial charge in [-0.2, -0.15) is 0 Å². The number of fused-ring (bicyclic) bond motifs is 1. The van der Waals surface area contributed by atoms with E-state index >= 15 is 0 Å². The molecule has 3 aromatic rings. The zero-order chi connectivity index (χ0) is 22.1. The molecular formula is C24H28N6O2. The number of amides is 2. The number of benzene rings is 1. The van der Waals surface area contributed by atoms with Crippen molar-refractivity contribution in [3.05, 3.63) is 47.9 Å². The van der Waals surface area contributed by atoms with Crippen molar-refractivity contribution in [2.24, 2.45) is 0 Å². The molecular weight excluding hydrogens is 404 g/mol. The van der Waals surface area contributed by atoms with Gasteiger partial charge in [-0.3, -0.25) is 4.79 Å². The first kappa shape index (κ1) is 20.5. The van der Waals surface area contributed by atoms with E-state index in [0.717, 1.165) is 45.2 Å². The molecule has 2 aliphatic rings. The summed E-state index contributed by atoms with van der Waals surface area (Å²) in [6, 6.07) is 7.28. The molecule has 0 radical (unpaired) electrons. The standard InChI is InChI=1S/C24H28N6O2/c25-22-20-19(14-30(18-9-2-3-10-18)23(20)27-15-26-22)21(31)16-7-6-8-17(13-16)28-24(32)29-11-4-1-5-12-29/h6-8,13-15,18H,1-5,9-12H2,(H,28,32)(H2,25,26,27). The maximum Gasteiger partial charge on any atom is 0.321 e. The maximum atomic E-state index is 13.5. The summed E-state index contributed by atoms with van der Waals surface area (Å²) in [6.07, 6.45) is 11.0. The van der Waals surface area contributed by atoms with Crippen LogP contribution in [0.4, 0.5) is 16.3 Å². The van der Waals surface area contributed by atoms with Gasteiger partial charge in [0.15, 0.2) is 5.78 Å². The Labute approximate surface area is 186 Å². The fraction of sp³-hybridized carbons (Fsp3) is 0.417. The van der Waals surface area contributed by atoms with Crippen molar-refractivity contribution >= 4 is 34.4 Å². The van der Waals surface area contributed by atoms with E-state index < -0.39 is 0 Å². The van der Waals surface area contributed by atoms with E-state index in [4.69, 9.17) is 5.73 Å². The van der Waals surface area contributed by atoms with E-state index in [1.807, 2.05) is 11.1 Å². The Balaban J connectivity index is 1.45. The van der Waals surface area contributed by atoms with Gasteiger partial charge in [0.05, 0.1) is 10.9 Å². The molecule has 1 aliphatic carbocycles. The first-order chi connectivity index (χ1) is 15.6. The van der Waals surface area contributed by atoms with Gasteiger partial charge in [-0.15, -0.1) is 0 Å². The highest BCUT2D eigenvalue weighted by molar-refractivity contribution is 6.18. The van der Waals surface area contributed by atoms with Crippen LogP contribution in [0.25, 0.3) is 11.0 Å². The van der Waals surface area contributed by atoms with Gasteiger partial charge in [0, 0.05) is 36.6 Å². The van der Waals surface area contributed by atoms with Crippen molar-refractivity contribution in [1.82, 2.24) is 19.4 Å². The predicted molar refractivity (Wildman–Crippen MR) is 124 cm³/mol. The van der Waals surface area contributed by atoms with Crippen LogP contribution in [0.2, 0.25) is 0 Å². The van der Waals surface area contributed by atoms with E-state index in [9.17, 15) is 9.59 Å². The second-order valence-corrected chi connectivity index (χ2v) is 8.73. The number of piperidine rings is 1. The van der Waals surface area contributed by atoms with Crippen LogP contribution >= 0.6 is 0 Å². The monoisotopic (exact) mass is 432 g/mol. The number of nitrogens with zero attached hydrogens (tertiary/aromatic N) is 4. The number of nitrogens with two attached hydrogens (primary N) is 1. The molecule has 0 atom stereocenters. The smallest absolute Gasteiger partial charge is 0.321 e. The normalized spacial score (nSPS) is 17.1. The molecule has 0 unspecified atom stereocenters. The van der Waals surface area contributed by atoms with Crippen molar-refractivity contribution in [3.8, 4) is 0 Å². The topological polar surface area (TPSA) is 106 Å². The number of aromatic nitrogens is 3. The van der Waals surface area contributed by atoms with Gasteiger partial charge in [-0.25, -0.2) is 14.8 Å². The van der Waals surface area contributed by atoms with Crippen LogP contribution in [0.15, 0.2) is 36.8 Å². The highest BCUT2D eigenvalue weighted by Gasteiger charge is 2.25. The Kier molecular flexibility index (Phi) is 5.51. The fourth-order valence-corrected chi connectivity index (χ4v) is 4.93. The summed E-state index contributed by atoms with van der Waals surface area (Å²) >= 11 is 0. The summed E-state index contributed by atoms with van der Waals surface area (Å²) in [6.45, 7) is 1.54. The van der Waals surface area contributed by atoms with Crippen molar-refractivity contribution < 1.29 is 9.59 Å². The summed E-state index contributed by atoms with van der Waals surface area (Å²) in [4.78, 5) is 36.5. The largest absolute Gasteiger partial charge is 0.383 e. The number of anilines is 2. The quantitative estimate of drug-likeness (QED) is 0.595. The van der Waals surface area contributed by atoms with Gasteiger partial charge < -0.3 is 20.5 Å². The summed E-state index contributed by atoms with van der Waals surface area (Å²) in [7, 11) is 0. The molecule has 32 heavy (non-hydrogen) atoms. The Bertz CT molecular complexity index is 1160. The lowest BCUT2D eigenvalue weighted by Crippen LogP contribution is -2.38. The zero-order valence-electron chi connectivity index (χ0n) is 18.1. The van der Waals surface area contributed by atoms with Crippen molar-refractivity contribution in [2.75, 3.05) is 24.1 Å². The second-order valence-electron chi connectivity index (χ2n) is 8.73. The summed E-state index contributed by atoms with van der Waals surface area (Å²) in [5.74, 6) is 0.159. The molecule has 3 N–H and O–H groups in total. The van der Waals surface area contributed by atoms with Gasteiger partial charge in [0.25, 0.3) is 0 Å². The van der Waals surface area contributed by atoms with Crippen LogP contribution in [-0.4, -0.2) is 44.3 Å². The molecule has 2 fully saturated rings. The van der Waals surface area contributed by atoms with E-state index in [1.165, 1.54) is 19.2 Å². The van der Waals surface area contributed by atoms with Crippen LogP contribution in [0.5, 0.6) is 0 Å². The second kappa shape index (κ2) is 8.61. The van der Waals surface area contributed by atoms with Crippen molar-refractivity contribution in [2.45, 2.75) is 51.0 Å². The Morgan fingerprint density at radius 1 is 1.03 bits per heavy atom. The summed E-state index contributed by atoms with van der Waals surface area (Å²) in [5.41, 5.74) is 8.50. The number of carbonyl (C=O) groups is 2. The third-order valence-corrected chi connectivity index (χ3v) is 6.62. The number of urea groups is 1. The number of carbonyl (C=O) groups excluding carboxylic acids is 2. The number of hydrogen-bond acceptors (Lipinski definition) is 5. The Morgan fingerprint density at radius 3 is 2.59 bits per heavy atom. The van der Waals surface area contributed by atoms with Gasteiger partial charge in [-0.1, -0.05) is 25.0 Å². The van der Waals surface area contributed by atoms with Crippen LogP contribution in [0, 0.1) is 0 Å². The van der Waals surface area contributed by atoms with E-state index in [2.05, 4.69) is 19.9 Å². The molecule has 2 aromatic heterocycles. The minimum Gasteiger partial charge on any atom is -0.383 e. The zero-order valence-corrected chi connectivity index (χ0v) is 18.1. The van der Waals surface area contributed by atoms with Gasteiger partial charge in [0.2, 0.25) is 0 Å². The van der Waals surface area contributed by atoms with Crippen LogP contribution < -0.4 is 11.1 Å². The lowest BCUT2D eigenvalue weighted by Gasteiger charge is -2.26. The highest BCUT2D eigenvalue weighted by Crippen LogP contribution is 2.35. The number of hydrogen-bond donors (Lipinski definition) is 2. The van der Waals surface area contributed by atoms with Crippen LogP contribution in [0.1, 0.15) is 66.9 Å². The Hall–Kier alpha value is -3.42. The molecule has 5 rings (SSSR count). The highest BCUT2D eigenvalue weighted by atomic mass is 16.2. The molecule has 8 heteroatoms. The van der Waals surface area contributed by atoms with Crippen molar-refractivity contribution in [3.63, 3.8) is 0 Å². The molecule has 0 spiro atoms. The molecule has 166 valence electrons. The van der Waals surface area contributed by atoms with Gasteiger partial charge in [-0.05, 0) is 44.2 Å². The van der Waals surface area contributed by atoms with E-state index in [-0.39, 0.29) is 11.8 Å². The van der Waals surface area contributed by atoms with Gasteiger partial charge >= 0.3 is 6.03 Å². The molecule has 0 bridgehead atoms. The van der Waals surface area contributed by atoms with E-state index in [1.54, 1.807) is 24.3 Å². The average Bonchev–Trinajstić information content (AvgIpc) is 3.48. The minimum atomic E-state index is -0.151. The molecule has 2 amide bonds. The summed E-state index contributed by atoms with van der Waals surface area (Å²) in [5, 5.41) is 3.54. The number of ketones is 1. The summed E-state index contributed by atoms with van der Waals surface area (Å²) < 4.78 is 2.09. The predicted octanol–water partition coefficient (Wildman–Crippen LogP) is 4.38. The molecule has 8 nitrogen and oxygen atoms in total. The maximum absolute atomic E-state index is 13.5. The number of rotatable bonds is 4. The first-order valence-electron chi connectivity index (χ1n) is 11.4. The van der Waals surface area contributed by atoms with E-state index in [0.29, 0.717) is 39.7 Å². The minimum absolute atomic E-state index is 0.121. The lowest BCUT2D eigenvalue weighted by atomic mass is 10.0. The number of likely N-dealkylation sites (tertiary alicyclic amines) is 1. The number of nitrogen functional groups attached to an aromatic ring is 1. The van der Waals surface area contributed by atoms with Crippen LogP contribution in [-0.2, 0) is 0 Å². The SMILES string of the molecule is Nc1ncnc2c1c(C(=O)c1cccc(NC(=O)N3CCCCC3)c1)cn2C1CCCC1. The molecule has 3 heterocycles. The third kappa shape index (κ3) is 3.81. The van der Waals surface area contributed by atoms with Crippen LogP contribution in [0.3, 0.4) is 0 Å². The van der Waals surface area contributed by atoms with Gasteiger partial charge in [0.1, 0.15) is 17.8 Å². The average molecular weight is 433 g/mol. The molecule has 1 saturated heterocycles. The van der Waals surface area contributed by atoms with Crippen molar-refractivity contribution in [1.29, 1.82) is 0 Å². The Morgan fingerprint density at radius 2 is 1.81 bits per heavy atom. The fourth-order valence-electron chi connectivity index (χ4n) is 4.93. The molecule has 1 aliphatic heterocycles. The molecule has 1 saturated carbocycles. The lowest BCUT2D eigenvalue weighted by molar-refractivity contribution is 0.104. The third-order valence-electron chi connectivity index (χ3n) is 6.62. The number of nitrogens with one attached hydrogen (secondary N) is 1.